The van der Waals surface area contributed by atoms with Crippen molar-refractivity contribution in [2.45, 2.75) is 59.5 Å². The molecule has 2 N–H and O–H groups in total. The van der Waals surface area contributed by atoms with E-state index >= 15 is 0 Å². The van der Waals surface area contributed by atoms with Gasteiger partial charge in [-0.2, -0.15) is 15.0 Å². The molecule has 0 radical (unpaired) electrons. The van der Waals surface area contributed by atoms with Crippen LogP contribution in [0, 0.1) is 0 Å². The lowest BCUT2D eigenvalue weighted by Crippen LogP contribution is -2.28. The smallest absolute Gasteiger partial charge is 0.323 e. The third-order valence-corrected chi connectivity index (χ3v) is 2.81. The Morgan fingerprint density at radius 3 is 2.15 bits per heavy atom. The Balaban J connectivity index is 2.89. The molecule has 6 nitrogen and oxygen atoms in total. The maximum Gasteiger partial charge on any atom is 0.323 e. The normalized spacial score (nSPS) is 10.8. The first-order chi connectivity index (χ1) is 9.56. The van der Waals surface area contributed by atoms with Crippen molar-refractivity contribution in [1.29, 1.82) is 0 Å². The zero-order valence-electron chi connectivity index (χ0n) is 13.1. The average molecular weight is 281 g/mol. The summed E-state index contributed by atoms with van der Waals surface area (Å²) in [6.07, 6.45) is 4.51. The lowest BCUT2D eigenvalue weighted by atomic mass is 10.3. The van der Waals surface area contributed by atoms with Gasteiger partial charge in [-0.15, -0.1) is 0 Å². The van der Waals surface area contributed by atoms with Gasteiger partial charge in [0.15, 0.2) is 0 Å². The van der Waals surface area contributed by atoms with E-state index in [1.165, 1.54) is 0 Å². The number of hydrogen-bond donors (Lipinski definition) is 1. The van der Waals surface area contributed by atoms with E-state index in [1.54, 1.807) is 0 Å². The van der Waals surface area contributed by atoms with Crippen LogP contribution in [0.3, 0.4) is 0 Å². The summed E-state index contributed by atoms with van der Waals surface area (Å²) in [5, 5.41) is 0. The van der Waals surface area contributed by atoms with Gasteiger partial charge in [-0.3, -0.25) is 0 Å². The second-order valence-electron chi connectivity index (χ2n) is 5.14. The molecule has 20 heavy (non-hydrogen) atoms. The molecule has 0 bridgehead atoms. The molecule has 0 aliphatic heterocycles. The van der Waals surface area contributed by atoms with Crippen LogP contribution in [-0.2, 0) is 0 Å². The molecule has 1 aromatic heterocycles. The van der Waals surface area contributed by atoms with Crippen LogP contribution >= 0.6 is 0 Å². The van der Waals surface area contributed by atoms with Crippen molar-refractivity contribution in [2.75, 3.05) is 23.7 Å². The highest BCUT2D eigenvalue weighted by atomic mass is 16.5. The van der Waals surface area contributed by atoms with Crippen LogP contribution in [0.1, 0.15) is 53.4 Å². The Morgan fingerprint density at radius 2 is 1.65 bits per heavy atom. The van der Waals surface area contributed by atoms with Crippen molar-refractivity contribution >= 4 is 11.9 Å². The van der Waals surface area contributed by atoms with Crippen molar-refractivity contribution in [1.82, 2.24) is 15.0 Å². The molecule has 0 fully saturated rings. The van der Waals surface area contributed by atoms with E-state index in [4.69, 9.17) is 10.5 Å². The average Bonchev–Trinajstić information content (AvgIpc) is 2.37. The molecule has 0 amide bonds. The molecule has 0 aliphatic carbocycles. The van der Waals surface area contributed by atoms with Crippen molar-refractivity contribution in [3.05, 3.63) is 0 Å². The van der Waals surface area contributed by atoms with Crippen molar-refractivity contribution in [3.8, 4) is 6.01 Å². The highest BCUT2D eigenvalue weighted by molar-refractivity contribution is 5.35. The fourth-order valence-electron chi connectivity index (χ4n) is 1.78. The number of hydrogen-bond acceptors (Lipinski definition) is 6. The van der Waals surface area contributed by atoms with E-state index in [0.717, 1.165) is 38.8 Å². The molecule has 0 atom stereocenters. The zero-order valence-corrected chi connectivity index (χ0v) is 13.1. The minimum atomic E-state index is 0.0179. The zero-order chi connectivity index (χ0) is 15.0. The third-order valence-electron chi connectivity index (χ3n) is 2.81. The Labute approximate surface area is 121 Å². The number of unbranched alkanes of at least 4 members (excludes halogenated alkanes) is 2. The molecular weight excluding hydrogens is 254 g/mol. The summed E-state index contributed by atoms with van der Waals surface area (Å²) < 4.78 is 5.53. The van der Waals surface area contributed by atoms with Gasteiger partial charge in [-0.1, -0.05) is 26.7 Å². The van der Waals surface area contributed by atoms with Crippen molar-refractivity contribution < 1.29 is 4.74 Å². The van der Waals surface area contributed by atoms with E-state index in [1.807, 2.05) is 13.8 Å². The van der Waals surface area contributed by atoms with Crippen LogP contribution < -0.4 is 15.4 Å². The number of anilines is 2. The summed E-state index contributed by atoms with van der Waals surface area (Å²) in [7, 11) is 0. The fourth-order valence-corrected chi connectivity index (χ4v) is 1.78. The minimum Gasteiger partial charge on any atom is -0.461 e. The second kappa shape index (κ2) is 8.55. The predicted molar refractivity (Wildman–Crippen MR) is 82.0 cm³/mol. The highest BCUT2D eigenvalue weighted by Crippen LogP contribution is 2.16. The van der Waals surface area contributed by atoms with Gasteiger partial charge in [-0.25, -0.2) is 0 Å². The van der Waals surface area contributed by atoms with Crippen LogP contribution in [0.15, 0.2) is 0 Å². The van der Waals surface area contributed by atoms with E-state index < -0.39 is 0 Å². The van der Waals surface area contributed by atoms with Crippen LogP contribution in [0.4, 0.5) is 11.9 Å². The Kier molecular flexibility index (Phi) is 7.04. The molecule has 1 rings (SSSR count). The fraction of sp³-hybridized carbons (Fsp3) is 0.786. The van der Waals surface area contributed by atoms with Gasteiger partial charge < -0.3 is 15.4 Å². The molecule has 1 heterocycles. The summed E-state index contributed by atoms with van der Waals surface area (Å²) in [6, 6.07) is 0.306. The standard InChI is InChI=1S/C14H27N5O/c1-5-7-9-19(10-8-6-2)13-16-12(15)17-14(18-13)20-11(3)4/h11H,5-10H2,1-4H3,(H2,15,16,17,18). The highest BCUT2D eigenvalue weighted by Gasteiger charge is 2.13. The van der Waals surface area contributed by atoms with E-state index in [0.29, 0.717) is 12.0 Å². The molecular formula is C14H27N5O. The van der Waals surface area contributed by atoms with Gasteiger partial charge in [-0.05, 0) is 26.7 Å². The summed E-state index contributed by atoms with van der Waals surface area (Å²) in [4.78, 5) is 14.8. The van der Waals surface area contributed by atoms with E-state index in [2.05, 4.69) is 33.7 Å². The SMILES string of the molecule is CCCCN(CCCC)c1nc(N)nc(OC(C)C)n1. The lowest BCUT2D eigenvalue weighted by molar-refractivity contribution is 0.222. The van der Waals surface area contributed by atoms with Gasteiger partial charge in [0, 0.05) is 13.1 Å². The molecule has 0 aliphatic rings. The van der Waals surface area contributed by atoms with Gasteiger partial charge in [0.05, 0.1) is 6.10 Å². The van der Waals surface area contributed by atoms with Crippen molar-refractivity contribution in [2.24, 2.45) is 0 Å². The quantitative estimate of drug-likeness (QED) is 0.749. The lowest BCUT2D eigenvalue weighted by Gasteiger charge is -2.22. The number of nitrogens with zero attached hydrogens (tertiary/aromatic N) is 4. The Hall–Kier alpha value is -1.59. The van der Waals surface area contributed by atoms with E-state index in [-0.39, 0.29) is 12.1 Å². The van der Waals surface area contributed by atoms with Gasteiger partial charge in [0.1, 0.15) is 0 Å². The van der Waals surface area contributed by atoms with Crippen molar-refractivity contribution in [3.63, 3.8) is 0 Å². The van der Waals surface area contributed by atoms with Gasteiger partial charge in [0.2, 0.25) is 11.9 Å². The molecule has 0 spiro atoms. The number of nitrogen functional groups attached to an aromatic ring is 1. The molecule has 0 saturated carbocycles. The van der Waals surface area contributed by atoms with Crippen LogP contribution in [-0.4, -0.2) is 34.1 Å². The molecule has 1 aromatic rings. The number of rotatable bonds is 9. The number of aromatic nitrogens is 3. The molecule has 0 unspecified atom stereocenters. The molecule has 0 saturated heterocycles. The first-order valence-corrected chi connectivity index (χ1v) is 7.50. The maximum atomic E-state index is 5.76. The maximum absolute atomic E-state index is 5.76. The first kappa shape index (κ1) is 16.5. The third kappa shape index (κ3) is 5.59. The Morgan fingerprint density at radius 1 is 1.05 bits per heavy atom. The molecule has 114 valence electrons. The summed E-state index contributed by atoms with van der Waals surface area (Å²) in [6.45, 7) is 10.1. The van der Waals surface area contributed by atoms with Gasteiger partial charge in [0.25, 0.3) is 0 Å². The number of ether oxygens (including phenoxy) is 1. The summed E-state index contributed by atoms with van der Waals surface area (Å²) in [5.41, 5.74) is 5.76. The summed E-state index contributed by atoms with van der Waals surface area (Å²) >= 11 is 0. The molecule has 6 heteroatoms. The first-order valence-electron chi connectivity index (χ1n) is 7.50. The van der Waals surface area contributed by atoms with E-state index in [9.17, 15) is 0 Å². The summed E-state index contributed by atoms with van der Waals surface area (Å²) in [5.74, 6) is 0.832. The predicted octanol–water partition coefficient (Wildman–Crippen LogP) is 2.65. The largest absolute Gasteiger partial charge is 0.461 e. The van der Waals surface area contributed by atoms with Gasteiger partial charge >= 0.3 is 6.01 Å². The topological polar surface area (TPSA) is 77.2 Å². The van der Waals surface area contributed by atoms with Crippen LogP contribution in [0.25, 0.3) is 0 Å². The Bertz CT molecular complexity index is 389. The monoisotopic (exact) mass is 281 g/mol. The van der Waals surface area contributed by atoms with Crippen LogP contribution in [0.5, 0.6) is 6.01 Å². The van der Waals surface area contributed by atoms with Crippen LogP contribution in [0.2, 0.25) is 0 Å². The second-order valence-corrected chi connectivity index (χ2v) is 5.14. The molecule has 0 aromatic carbocycles. The number of nitrogens with two attached hydrogens (primary N) is 1. The minimum absolute atomic E-state index is 0.0179.